The van der Waals surface area contributed by atoms with E-state index in [2.05, 4.69) is 32.5 Å². The number of nitrogens with one attached hydrogen (secondary N) is 2. The van der Waals surface area contributed by atoms with Crippen LogP contribution in [0.25, 0.3) is 0 Å². The highest BCUT2D eigenvalue weighted by atomic mass is 15.2. The summed E-state index contributed by atoms with van der Waals surface area (Å²) in [6.45, 7) is 2.31. The van der Waals surface area contributed by atoms with Crippen LogP contribution in [-0.4, -0.2) is 48.1 Å². The van der Waals surface area contributed by atoms with Crippen molar-refractivity contribution in [2.45, 2.75) is 18.9 Å². The third-order valence-corrected chi connectivity index (χ3v) is 2.95. The Kier molecular flexibility index (Phi) is 3.56. The van der Waals surface area contributed by atoms with Crippen molar-refractivity contribution in [1.29, 1.82) is 0 Å². The highest BCUT2D eigenvalue weighted by Crippen LogP contribution is 2.14. The van der Waals surface area contributed by atoms with Crippen LogP contribution in [0.15, 0.2) is 12.3 Å². The second kappa shape index (κ2) is 5.12. The number of anilines is 2. The lowest BCUT2D eigenvalue weighted by Gasteiger charge is -2.29. The van der Waals surface area contributed by atoms with Crippen LogP contribution in [0.4, 0.5) is 11.8 Å². The molecule has 0 spiro atoms. The number of likely N-dealkylation sites (tertiary alicyclic amines) is 1. The standard InChI is InChI=1S/C11H19N5/c1-12-11-13-6-3-10(15-11)14-9-4-7-16(2)8-5-9/h3,6,9H,4-5,7-8H2,1-2H3,(H2,12,13,14,15). The van der Waals surface area contributed by atoms with E-state index in [1.54, 1.807) is 6.20 Å². The van der Waals surface area contributed by atoms with Gasteiger partial charge in [0.25, 0.3) is 0 Å². The van der Waals surface area contributed by atoms with Gasteiger partial charge in [0, 0.05) is 19.3 Å². The van der Waals surface area contributed by atoms with Crippen LogP contribution in [0.2, 0.25) is 0 Å². The molecule has 2 heterocycles. The Bertz CT molecular complexity index is 333. The predicted molar refractivity (Wildman–Crippen MR) is 65.7 cm³/mol. The van der Waals surface area contributed by atoms with Crippen molar-refractivity contribution < 1.29 is 0 Å². The average Bonchev–Trinajstić information content (AvgIpc) is 2.32. The molecule has 1 saturated heterocycles. The topological polar surface area (TPSA) is 53.1 Å². The smallest absolute Gasteiger partial charge is 0.224 e. The molecule has 0 aliphatic carbocycles. The second-order valence-electron chi connectivity index (χ2n) is 4.24. The molecule has 2 N–H and O–H groups in total. The van der Waals surface area contributed by atoms with Crippen LogP contribution in [0, 0.1) is 0 Å². The first-order chi connectivity index (χ1) is 7.78. The number of nitrogens with zero attached hydrogens (tertiary/aromatic N) is 3. The van der Waals surface area contributed by atoms with E-state index in [-0.39, 0.29) is 0 Å². The highest BCUT2D eigenvalue weighted by molar-refractivity contribution is 5.40. The minimum absolute atomic E-state index is 0.538. The van der Waals surface area contributed by atoms with Crippen LogP contribution in [-0.2, 0) is 0 Å². The van der Waals surface area contributed by atoms with Gasteiger partial charge in [-0.3, -0.25) is 0 Å². The summed E-state index contributed by atoms with van der Waals surface area (Å²) in [7, 11) is 3.99. The quantitative estimate of drug-likeness (QED) is 0.798. The number of aromatic nitrogens is 2. The minimum atomic E-state index is 0.538. The van der Waals surface area contributed by atoms with Crippen molar-refractivity contribution in [2.24, 2.45) is 0 Å². The number of rotatable bonds is 3. The number of hydrogen-bond acceptors (Lipinski definition) is 5. The van der Waals surface area contributed by atoms with Crippen molar-refractivity contribution in [2.75, 3.05) is 37.8 Å². The largest absolute Gasteiger partial charge is 0.367 e. The van der Waals surface area contributed by atoms with Gasteiger partial charge < -0.3 is 15.5 Å². The van der Waals surface area contributed by atoms with Gasteiger partial charge in [-0.2, -0.15) is 4.98 Å². The Hall–Kier alpha value is -1.36. The molecule has 1 aromatic heterocycles. The molecular weight excluding hydrogens is 202 g/mol. The molecule has 0 radical (unpaired) electrons. The summed E-state index contributed by atoms with van der Waals surface area (Å²) in [6.07, 6.45) is 4.13. The molecule has 5 heteroatoms. The van der Waals surface area contributed by atoms with Gasteiger partial charge >= 0.3 is 0 Å². The number of piperidine rings is 1. The summed E-state index contributed by atoms with van der Waals surface area (Å²) in [6, 6.07) is 2.45. The van der Waals surface area contributed by atoms with Crippen LogP contribution >= 0.6 is 0 Å². The zero-order chi connectivity index (χ0) is 11.4. The Morgan fingerprint density at radius 2 is 2.12 bits per heavy atom. The predicted octanol–water partition coefficient (Wildman–Crippen LogP) is 1.02. The van der Waals surface area contributed by atoms with E-state index in [1.807, 2.05) is 13.1 Å². The first-order valence-electron chi connectivity index (χ1n) is 5.74. The molecule has 1 aromatic rings. The monoisotopic (exact) mass is 221 g/mol. The van der Waals surface area contributed by atoms with Gasteiger partial charge in [-0.25, -0.2) is 4.98 Å². The summed E-state index contributed by atoms with van der Waals surface area (Å²) in [5.74, 6) is 1.58. The van der Waals surface area contributed by atoms with Crippen molar-refractivity contribution >= 4 is 11.8 Å². The van der Waals surface area contributed by atoms with Gasteiger partial charge in [-0.1, -0.05) is 0 Å². The van der Waals surface area contributed by atoms with Gasteiger partial charge in [0.2, 0.25) is 5.95 Å². The molecule has 0 amide bonds. The third-order valence-electron chi connectivity index (χ3n) is 2.95. The minimum Gasteiger partial charge on any atom is -0.367 e. The molecule has 1 fully saturated rings. The van der Waals surface area contributed by atoms with Crippen molar-refractivity contribution in [3.05, 3.63) is 12.3 Å². The Morgan fingerprint density at radius 3 is 2.81 bits per heavy atom. The van der Waals surface area contributed by atoms with Gasteiger partial charge in [0.15, 0.2) is 0 Å². The fourth-order valence-corrected chi connectivity index (χ4v) is 1.92. The molecule has 0 saturated carbocycles. The lowest BCUT2D eigenvalue weighted by Crippen LogP contribution is -2.36. The molecule has 0 atom stereocenters. The molecule has 0 aromatic carbocycles. The van der Waals surface area contributed by atoms with E-state index in [1.165, 1.54) is 12.8 Å². The Morgan fingerprint density at radius 1 is 1.38 bits per heavy atom. The van der Waals surface area contributed by atoms with Gasteiger partial charge in [0.1, 0.15) is 5.82 Å². The highest BCUT2D eigenvalue weighted by Gasteiger charge is 2.16. The summed E-state index contributed by atoms with van der Waals surface area (Å²) < 4.78 is 0. The molecule has 88 valence electrons. The van der Waals surface area contributed by atoms with E-state index in [0.29, 0.717) is 12.0 Å². The fourth-order valence-electron chi connectivity index (χ4n) is 1.92. The van der Waals surface area contributed by atoms with Crippen LogP contribution < -0.4 is 10.6 Å². The van der Waals surface area contributed by atoms with E-state index in [4.69, 9.17) is 0 Å². The first kappa shape index (κ1) is 11.1. The van der Waals surface area contributed by atoms with Crippen molar-refractivity contribution in [3.8, 4) is 0 Å². The normalized spacial score (nSPS) is 18.4. The molecular formula is C11H19N5. The van der Waals surface area contributed by atoms with Crippen LogP contribution in [0.3, 0.4) is 0 Å². The summed E-state index contributed by atoms with van der Waals surface area (Å²) >= 11 is 0. The summed E-state index contributed by atoms with van der Waals surface area (Å²) in [5.41, 5.74) is 0. The number of hydrogen-bond donors (Lipinski definition) is 2. The average molecular weight is 221 g/mol. The van der Waals surface area contributed by atoms with E-state index in [0.717, 1.165) is 18.9 Å². The lowest BCUT2D eigenvalue weighted by molar-refractivity contribution is 0.263. The molecule has 0 bridgehead atoms. The molecule has 0 unspecified atom stereocenters. The van der Waals surface area contributed by atoms with Gasteiger partial charge in [-0.05, 0) is 39.0 Å². The molecule has 1 aliphatic rings. The van der Waals surface area contributed by atoms with Crippen molar-refractivity contribution in [1.82, 2.24) is 14.9 Å². The third kappa shape index (κ3) is 2.82. The second-order valence-corrected chi connectivity index (χ2v) is 4.24. The molecule has 2 rings (SSSR count). The van der Waals surface area contributed by atoms with Crippen LogP contribution in [0.5, 0.6) is 0 Å². The fraction of sp³-hybridized carbons (Fsp3) is 0.636. The van der Waals surface area contributed by atoms with Crippen molar-refractivity contribution in [3.63, 3.8) is 0 Å². The molecule has 1 aliphatic heterocycles. The van der Waals surface area contributed by atoms with E-state index in [9.17, 15) is 0 Å². The summed E-state index contributed by atoms with van der Waals surface area (Å²) in [4.78, 5) is 10.8. The maximum atomic E-state index is 4.36. The van der Waals surface area contributed by atoms with Crippen LogP contribution in [0.1, 0.15) is 12.8 Å². The Labute approximate surface area is 96.3 Å². The van der Waals surface area contributed by atoms with E-state index < -0.39 is 0 Å². The zero-order valence-corrected chi connectivity index (χ0v) is 9.90. The van der Waals surface area contributed by atoms with E-state index >= 15 is 0 Å². The maximum absolute atomic E-state index is 4.36. The molecule has 5 nitrogen and oxygen atoms in total. The summed E-state index contributed by atoms with van der Waals surface area (Å²) in [5, 5.41) is 6.40. The maximum Gasteiger partial charge on any atom is 0.224 e. The molecule has 16 heavy (non-hydrogen) atoms. The zero-order valence-electron chi connectivity index (χ0n) is 9.90. The van der Waals surface area contributed by atoms with Gasteiger partial charge in [-0.15, -0.1) is 0 Å². The first-order valence-corrected chi connectivity index (χ1v) is 5.74. The SMILES string of the molecule is CNc1nccc(NC2CCN(C)CC2)n1. The van der Waals surface area contributed by atoms with Gasteiger partial charge in [0.05, 0.1) is 0 Å². The lowest BCUT2D eigenvalue weighted by atomic mass is 10.1. The Balaban J connectivity index is 1.93.